The van der Waals surface area contributed by atoms with Gasteiger partial charge in [-0.15, -0.1) is 0 Å². The summed E-state index contributed by atoms with van der Waals surface area (Å²) in [7, 11) is 4.60. The number of rotatable bonds is 12. The van der Waals surface area contributed by atoms with E-state index in [0.717, 1.165) is 0 Å². The Labute approximate surface area is 115 Å². The van der Waals surface area contributed by atoms with Crippen LogP contribution in [0, 0.1) is 0 Å². The molecular weight excluding hydrogens is 254 g/mol. The lowest BCUT2D eigenvalue weighted by molar-refractivity contribution is -0.384. The van der Waals surface area contributed by atoms with Crippen LogP contribution in [0.25, 0.3) is 0 Å². The average Bonchev–Trinajstić information content (AvgIpc) is 2.43. The molecular formula is C12H27NO6. The first kappa shape index (κ1) is 18.7. The van der Waals surface area contributed by atoms with Crippen LogP contribution < -0.4 is 0 Å². The fourth-order valence-electron chi connectivity index (χ4n) is 1.55. The molecule has 3 unspecified atom stereocenters. The minimum atomic E-state index is -0.696. The molecule has 0 spiro atoms. The Kier molecular flexibility index (Phi) is 11.4. The normalized spacial score (nSPS) is 16.6. The highest BCUT2D eigenvalue weighted by Gasteiger charge is 2.35. The van der Waals surface area contributed by atoms with E-state index in [2.05, 4.69) is 0 Å². The summed E-state index contributed by atoms with van der Waals surface area (Å²) < 4.78 is 32.4. The molecule has 0 amide bonds. The highest BCUT2D eigenvalue weighted by atomic mass is 16.8. The summed E-state index contributed by atoms with van der Waals surface area (Å²) in [4.78, 5) is 1.59. The summed E-state index contributed by atoms with van der Waals surface area (Å²) in [6, 6.07) is 0. The largest absolute Gasteiger partial charge is 0.343 e. The van der Waals surface area contributed by atoms with Gasteiger partial charge in [-0.1, -0.05) is 0 Å². The van der Waals surface area contributed by atoms with Gasteiger partial charge in [-0.25, -0.2) is 0 Å². The molecule has 116 valence electrons. The molecule has 3 atom stereocenters. The first-order valence-corrected chi connectivity index (χ1v) is 6.40. The molecule has 0 fully saturated rings. The molecule has 0 aromatic carbocycles. The van der Waals surface area contributed by atoms with Crippen LogP contribution in [-0.4, -0.2) is 65.3 Å². The minimum Gasteiger partial charge on any atom is -0.343 e. The quantitative estimate of drug-likeness (QED) is 0.498. The number of hydrogen-bond acceptors (Lipinski definition) is 7. The van der Waals surface area contributed by atoms with Crippen molar-refractivity contribution in [1.29, 1.82) is 0 Å². The summed E-state index contributed by atoms with van der Waals surface area (Å²) >= 11 is 0. The van der Waals surface area contributed by atoms with Crippen LogP contribution in [0.3, 0.4) is 0 Å². The van der Waals surface area contributed by atoms with Crippen molar-refractivity contribution in [3.8, 4) is 0 Å². The van der Waals surface area contributed by atoms with E-state index in [9.17, 15) is 0 Å². The maximum atomic E-state index is 5.50. The van der Waals surface area contributed by atoms with Crippen LogP contribution in [-0.2, 0) is 28.4 Å². The van der Waals surface area contributed by atoms with Crippen molar-refractivity contribution in [2.24, 2.45) is 0 Å². The van der Waals surface area contributed by atoms with E-state index in [1.54, 1.807) is 4.90 Å². The van der Waals surface area contributed by atoms with Gasteiger partial charge in [-0.05, 0) is 20.8 Å². The second kappa shape index (κ2) is 11.5. The molecule has 7 nitrogen and oxygen atoms in total. The molecule has 0 rings (SSSR count). The zero-order chi connectivity index (χ0) is 14.7. The Bertz CT molecular complexity index is 173. The molecule has 0 aliphatic carbocycles. The summed E-state index contributed by atoms with van der Waals surface area (Å²) in [5.74, 6) is 0. The van der Waals surface area contributed by atoms with Gasteiger partial charge in [-0.3, -0.25) is 0 Å². The fraction of sp³-hybridized carbons (Fsp3) is 1.00. The van der Waals surface area contributed by atoms with Crippen LogP contribution in [0.5, 0.6) is 0 Å². The minimum absolute atomic E-state index is 0.472. The van der Waals surface area contributed by atoms with E-state index in [-0.39, 0.29) is 0 Å². The summed E-state index contributed by atoms with van der Waals surface area (Å²) in [6.45, 7) is 7.03. The van der Waals surface area contributed by atoms with Crippen molar-refractivity contribution < 1.29 is 28.4 Å². The van der Waals surface area contributed by atoms with Crippen molar-refractivity contribution in [1.82, 2.24) is 4.90 Å². The average molecular weight is 281 g/mol. The van der Waals surface area contributed by atoms with Gasteiger partial charge in [0.25, 0.3) is 0 Å². The molecule has 0 radical (unpaired) electrons. The molecule has 0 heterocycles. The summed E-state index contributed by atoms with van der Waals surface area (Å²) in [5.41, 5.74) is 0. The van der Waals surface area contributed by atoms with Gasteiger partial charge >= 0.3 is 0 Å². The van der Waals surface area contributed by atoms with Gasteiger partial charge in [0.05, 0.1) is 0 Å². The van der Waals surface area contributed by atoms with Crippen molar-refractivity contribution >= 4 is 0 Å². The summed E-state index contributed by atoms with van der Waals surface area (Å²) in [6.07, 6.45) is -2.09. The van der Waals surface area contributed by atoms with Crippen LogP contribution in [0.4, 0.5) is 0 Å². The van der Waals surface area contributed by atoms with Gasteiger partial charge in [0.2, 0.25) is 19.2 Å². The summed E-state index contributed by atoms with van der Waals surface area (Å²) in [5, 5.41) is 0. The smallest absolute Gasteiger partial charge is 0.226 e. The van der Waals surface area contributed by atoms with Crippen LogP contribution >= 0.6 is 0 Å². The number of nitrogens with zero attached hydrogens (tertiary/aromatic N) is 1. The van der Waals surface area contributed by atoms with Crippen molar-refractivity contribution in [3.63, 3.8) is 0 Å². The Morgan fingerprint density at radius 1 is 0.632 bits per heavy atom. The first-order valence-electron chi connectivity index (χ1n) is 6.40. The van der Waals surface area contributed by atoms with Gasteiger partial charge in [0, 0.05) is 41.2 Å². The van der Waals surface area contributed by atoms with Crippen molar-refractivity contribution in [2.75, 3.05) is 41.2 Å². The van der Waals surface area contributed by atoms with E-state index < -0.39 is 19.2 Å². The van der Waals surface area contributed by atoms with Crippen molar-refractivity contribution in [3.05, 3.63) is 0 Å². The van der Waals surface area contributed by atoms with Crippen molar-refractivity contribution in [2.45, 2.75) is 40.0 Å². The number of ether oxygens (including phenoxy) is 6. The standard InChI is InChI=1S/C12H27NO6/c1-7-17-10(14-4)13(11(15-5)18-8-2)12(16-6)19-9-3/h10-12H,7-9H2,1-6H3. The molecule has 0 bridgehead atoms. The molecule has 0 saturated carbocycles. The predicted octanol–water partition coefficient (Wildman–Crippen LogP) is 1.19. The molecule has 0 aliphatic rings. The van der Waals surface area contributed by atoms with Gasteiger partial charge in [-0.2, -0.15) is 4.90 Å². The van der Waals surface area contributed by atoms with E-state index >= 15 is 0 Å². The van der Waals surface area contributed by atoms with Crippen LogP contribution in [0.1, 0.15) is 20.8 Å². The van der Waals surface area contributed by atoms with Crippen LogP contribution in [0.2, 0.25) is 0 Å². The Balaban J connectivity index is 5.04. The fourth-order valence-corrected chi connectivity index (χ4v) is 1.55. The molecule has 0 aromatic rings. The maximum absolute atomic E-state index is 5.50. The highest BCUT2D eigenvalue weighted by Crippen LogP contribution is 2.17. The van der Waals surface area contributed by atoms with Gasteiger partial charge in [0.15, 0.2) is 0 Å². The SMILES string of the molecule is CCOC(OC)N(C(OC)OCC)C(OC)OCC. The molecule has 0 N–H and O–H groups in total. The van der Waals surface area contributed by atoms with Gasteiger partial charge in [0.1, 0.15) is 0 Å². The van der Waals surface area contributed by atoms with Gasteiger partial charge < -0.3 is 28.4 Å². The molecule has 19 heavy (non-hydrogen) atoms. The third-order valence-electron chi connectivity index (χ3n) is 2.26. The molecule has 7 heteroatoms. The molecule has 0 saturated heterocycles. The lowest BCUT2D eigenvalue weighted by Crippen LogP contribution is -2.55. The maximum Gasteiger partial charge on any atom is 0.226 e. The lowest BCUT2D eigenvalue weighted by atomic mass is 10.6. The zero-order valence-corrected chi connectivity index (χ0v) is 12.8. The van der Waals surface area contributed by atoms with E-state index in [1.165, 1.54) is 21.3 Å². The zero-order valence-electron chi connectivity index (χ0n) is 12.8. The molecule has 0 aromatic heterocycles. The Hall–Kier alpha value is -0.280. The monoisotopic (exact) mass is 281 g/mol. The lowest BCUT2D eigenvalue weighted by Gasteiger charge is -2.38. The van der Waals surface area contributed by atoms with E-state index in [1.807, 2.05) is 20.8 Å². The highest BCUT2D eigenvalue weighted by molar-refractivity contribution is 4.56. The van der Waals surface area contributed by atoms with E-state index in [0.29, 0.717) is 19.8 Å². The third-order valence-corrected chi connectivity index (χ3v) is 2.26. The third kappa shape index (κ3) is 6.13. The second-order valence-corrected chi connectivity index (χ2v) is 3.44. The predicted molar refractivity (Wildman–Crippen MR) is 69.1 cm³/mol. The Morgan fingerprint density at radius 3 is 1.05 bits per heavy atom. The Morgan fingerprint density at radius 2 is 0.895 bits per heavy atom. The topological polar surface area (TPSA) is 58.6 Å². The number of methoxy groups -OCH3 is 3. The van der Waals surface area contributed by atoms with Crippen LogP contribution in [0.15, 0.2) is 0 Å². The molecule has 0 aliphatic heterocycles. The second-order valence-electron chi connectivity index (χ2n) is 3.44. The van der Waals surface area contributed by atoms with E-state index in [4.69, 9.17) is 28.4 Å². The first-order chi connectivity index (χ1) is 9.19. The number of hydrogen-bond donors (Lipinski definition) is 0.